The van der Waals surface area contributed by atoms with E-state index in [4.69, 9.17) is 5.73 Å². The third-order valence-corrected chi connectivity index (χ3v) is 5.57. The molecule has 0 spiro atoms. The Balaban J connectivity index is 1.97. The summed E-state index contributed by atoms with van der Waals surface area (Å²) < 4.78 is 41.3. The van der Waals surface area contributed by atoms with Crippen LogP contribution in [-0.4, -0.2) is 8.42 Å². The first-order chi connectivity index (χ1) is 12.5. The molecule has 4 nitrogen and oxygen atoms in total. The van der Waals surface area contributed by atoms with Gasteiger partial charge in [0, 0.05) is 0 Å². The first kappa shape index (κ1) is 18.3. The normalized spacial score (nSPS) is 13.9. The van der Waals surface area contributed by atoms with Crippen LogP contribution in [0.3, 0.4) is 0 Å². The lowest BCUT2D eigenvalue weighted by molar-refractivity contribution is 0.504. The molecule has 2 atom stereocenters. The van der Waals surface area contributed by atoms with Gasteiger partial charge in [0.25, 0.3) is 0 Å². The van der Waals surface area contributed by atoms with Crippen molar-refractivity contribution < 1.29 is 12.8 Å². The standard InChI is InChI=1S/C20H19FN2O2S/c21-17-11-13-18(14-12-17)26(24,25)23-20(16-9-5-2-6-10-16)19(22)15-7-3-1-4-8-15/h1-14,19-20,23H,22H2/t19-,20-/m1/s1. The summed E-state index contributed by atoms with van der Waals surface area (Å²) in [5.74, 6) is -0.496. The average Bonchev–Trinajstić information content (AvgIpc) is 2.67. The van der Waals surface area contributed by atoms with Crippen LogP contribution in [0, 0.1) is 5.82 Å². The van der Waals surface area contributed by atoms with Crippen molar-refractivity contribution in [1.82, 2.24) is 4.72 Å². The van der Waals surface area contributed by atoms with Crippen LogP contribution in [0.2, 0.25) is 0 Å². The van der Waals surface area contributed by atoms with Crippen molar-refractivity contribution >= 4 is 10.0 Å². The number of hydrogen-bond donors (Lipinski definition) is 2. The summed E-state index contributed by atoms with van der Waals surface area (Å²) in [6.07, 6.45) is 0. The lowest BCUT2D eigenvalue weighted by Gasteiger charge is -2.26. The highest BCUT2D eigenvalue weighted by Crippen LogP contribution is 2.28. The molecule has 0 saturated heterocycles. The Hall–Kier alpha value is -2.54. The Morgan fingerprint density at radius 1 is 0.769 bits per heavy atom. The van der Waals surface area contributed by atoms with Crippen molar-refractivity contribution in [3.63, 3.8) is 0 Å². The summed E-state index contributed by atoms with van der Waals surface area (Å²) in [7, 11) is -3.87. The zero-order valence-electron chi connectivity index (χ0n) is 13.9. The molecule has 0 heterocycles. The molecule has 0 unspecified atom stereocenters. The molecule has 0 fully saturated rings. The molecule has 0 saturated carbocycles. The minimum Gasteiger partial charge on any atom is -0.322 e. The molecule has 0 aromatic heterocycles. The lowest BCUT2D eigenvalue weighted by atomic mass is 9.95. The zero-order chi connectivity index (χ0) is 18.6. The number of nitrogens with one attached hydrogen (secondary N) is 1. The first-order valence-corrected chi connectivity index (χ1v) is 9.59. The summed E-state index contributed by atoms with van der Waals surface area (Å²) in [4.78, 5) is -0.0138. The van der Waals surface area contributed by atoms with Crippen molar-refractivity contribution in [3.05, 3.63) is 102 Å². The maximum atomic E-state index is 13.1. The highest BCUT2D eigenvalue weighted by molar-refractivity contribution is 7.89. The Kier molecular flexibility index (Phi) is 5.46. The Labute approximate surface area is 152 Å². The van der Waals surface area contributed by atoms with E-state index >= 15 is 0 Å². The molecule has 0 aliphatic rings. The zero-order valence-corrected chi connectivity index (χ0v) is 14.7. The van der Waals surface area contributed by atoms with Crippen LogP contribution in [0.5, 0.6) is 0 Å². The molecule has 3 aromatic rings. The van der Waals surface area contributed by atoms with Crippen molar-refractivity contribution in [2.24, 2.45) is 5.73 Å². The quantitative estimate of drug-likeness (QED) is 0.697. The molecule has 0 radical (unpaired) electrons. The molecule has 0 aliphatic heterocycles. The predicted molar refractivity (Wildman–Crippen MR) is 99.3 cm³/mol. The summed E-state index contributed by atoms with van der Waals surface area (Å²) in [6.45, 7) is 0. The maximum absolute atomic E-state index is 13.1. The number of sulfonamides is 1. The van der Waals surface area contributed by atoms with Gasteiger partial charge in [-0.15, -0.1) is 0 Å². The van der Waals surface area contributed by atoms with Crippen molar-refractivity contribution in [3.8, 4) is 0 Å². The van der Waals surface area contributed by atoms with Crippen LogP contribution >= 0.6 is 0 Å². The lowest BCUT2D eigenvalue weighted by Crippen LogP contribution is -2.36. The Morgan fingerprint density at radius 3 is 1.81 bits per heavy atom. The van der Waals surface area contributed by atoms with E-state index in [1.807, 2.05) is 60.7 Å². The largest absolute Gasteiger partial charge is 0.322 e. The molecule has 3 N–H and O–H groups in total. The van der Waals surface area contributed by atoms with Gasteiger partial charge in [0.1, 0.15) is 5.82 Å². The highest BCUT2D eigenvalue weighted by atomic mass is 32.2. The third kappa shape index (κ3) is 4.16. The van der Waals surface area contributed by atoms with Crippen molar-refractivity contribution in [1.29, 1.82) is 0 Å². The van der Waals surface area contributed by atoms with Crippen LogP contribution in [-0.2, 0) is 10.0 Å². The van der Waals surface area contributed by atoms with Crippen molar-refractivity contribution in [2.45, 2.75) is 17.0 Å². The van der Waals surface area contributed by atoms with Crippen LogP contribution in [0.15, 0.2) is 89.8 Å². The minimum atomic E-state index is -3.87. The molecule has 0 amide bonds. The van der Waals surface area contributed by atoms with Crippen LogP contribution < -0.4 is 10.5 Å². The minimum absolute atomic E-state index is 0.0138. The van der Waals surface area contributed by atoms with E-state index in [0.717, 1.165) is 23.3 Å². The first-order valence-electron chi connectivity index (χ1n) is 8.11. The Bertz CT molecular complexity index is 946. The summed E-state index contributed by atoms with van der Waals surface area (Å²) in [5, 5.41) is 0. The van der Waals surface area contributed by atoms with Gasteiger partial charge >= 0.3 is 0 Å². The van der Waals surface area contributed by atoms with E-state index in [2.05, 4.69) is 4.72 Å². The number of nitrogens with two attached hydrogens (primary N) is 1. The average molecular weight is 370 g/mol. The summed E-state index contributed by atoms with van der Waals surface area (Å²) >= 11 is 0. The monoisotopic (exact) mass is 370 g/mol. The molecular formula is C20H19FN2O2S. The van der Waals surface area contributed by atoms with Gasteiger partial charge in [0.05, 0.1) is 17.0 Å². The summed E-state index contributed by atoms with van der Waals surface area (Å²) in [6, 6.07) is 21.9. The third-order valence-electron chi connectivity index (χ3n) is 4.11. The molecule has 0 aliphatic carbocycles. The number of benzene rings is 3. The van der Waals surface area contributed by atoms with Gasteiger partial charge < -0.3 is 5.73 Å². The van der Waals surface area contributed by atoms with Gasteiger partial charge in [0.15, 0.2) is 0 Å². The van der Waals surface area contributed by atoms with Crippen LogP contribution in [0.4, 0.5) is 4.39 Å². The molecule has 26 heavy (non-hydrogen) atoms. The molecule has 6 heteroatoms. The second-order valence-electron chi connectivity index (χ2n) is 5.90. The van der Waals surface area contributed by atoms with E-state index in [9.17, 15) is 12.8 Å². The fourth-order valence-electron chi connectivity index (χ4n) is 2.73. The summed E-state index contributed by atoms with van der Waals surface area (Å²) in [5.41, 5.74) is 7.95. The highest BCUT2D eigenvalue weighted by Gasteiger charge is 2.27. The smallest absolute Gasteiger partial charge is 0.241 e. The van der Waals surface area contributed by atoms with E-state index < -0.39 is 27.9 Å². The predicted octanol–water partition coefficient (Wildman–Crippen LogP) is 3.55. The van der Waals surface area contributed by atoms with Gasteiger partial charge in [0.2, 0.25) is 10.0 Å². The van der Waals surface area contributed by atoms with Gasteiger partial charge in [-0.05, 0) is 35.4 Å². The van der Waals surface area contributed by atoms with E-state index in [1.54, 1.807) is 0 Å². The van der Waals surface area contributed by atoms with E-state index in [1.165, 1.54) is 12.1 Å². The second-order valence-corrected chi connectivity index (χ2v) is 7.61. The van der Waals surface area contributed by atoms with Gasteiger partial charge in [-0.3, -0.25) is 0 Å². The molecule has 134 valence electrons. The fourth-order valence-corrected chi connectivity index (χ4v) is 3.97. The molecule has 0 bridgehead atoms. The van der Waals surface area contributed by atoms with E-state index in [-0.39, 0.29) is 4.90 Å². The van der Waals surface area contributed by atoms with Gasteiger partial charge in [-0.2, -0.15) is 0 Å². The maximum Gasteiger partial charge on any atom is 0.241 e. The molecule has 3 aromatic carbocycles. The van der Waals surface area contributed by atoms with E-state index in [0.29, 0.717) is 0 Å². The molecular weight excluding hydrogens is 351 g/mol. The molecule has 3 rings (SSSR count). The van der Waals surface area contributed by atoms with Crippen molar-refractivity contribution in [2.75, 3.05) is 0 Å². The SMILES string of the molecule is N[C@H](c1ccccc1)[C@H](NS(=O)(=O)c1ccc(F)cc1)c1ccccc1. The van der Waals surface area contributed by atoms with Gasteiger partial charge in [-0.25, -0.2) is 17.5 Å². The number of rotatable bonds is 6. The fraction of sp³-hybridized carbons (Fsp3) is 0.100. The van der Waals surface area contributed by atoms with Gasteiger partial charge in [-0.1, -0.05) is 60.7 Å². The second kappa shape index (κ2) is 7.78. The van der Waals surface area contributed by atoms with Crippen LogP contribution in [0.25, 0.3) is 0 Å². The Morgan fingerprint density at radius 2 is 1.27 bits per heavy atom. The number of halogens is 1. The number of hydrogen-bond acceptors (Lipinski definition) is 3. The topological polar surface area (TPSA) is 72.2 Å². The van der Waals surface area contributed by atoms with Crippen LogP contribution in [0.1, 0.15) is 23.2 Å².